The zero-order chi connectivity index (χ0) is 17.0. The summed E-state index contributed by atoms with van der Waals surface area (Å²) in [7, 11) is -2.26. The van der Waals surface area contributed by atoms with Gasteiger partial charge in [-0.05, 0) is 30.2 Å². The first-order chi connectivity index (χ1) is 10.8. The number of hydrogen-bond donors (Lipinski definition) is 1. The van der Waals surface area contributed by atoms with E-state index >= 15 is 0 Å². The highest BCUT2D eigenvalue weighted by molar-refractivity contribution is 7.92. The zero-order valence-corrected chi connectivity index (χ0v) is 13.9. The van der Waals surface area contributed by atoms with Gasteiger partial charge in [-0.3, -0.25) is 10.1 Å². The molecule has 1 aromatic heterocycles. The van der Waals surface area contributed by atoms with Gasteiger partial charge < -0.3 is 9.26 Å². The molecule has 2 rings (SSSR count). The van der Waals surface area contributed by atoms with Gasteiger partial charge in [0.1, 0.15) is 11.5 Å². The number of carbonyl (C=O) groups is 1. The zero-order valence-electron chi connectivity index (χ0n) is 13.1. The number of benzene rings is 1. The van der Waals surface area contributed by atoms with Crippen molar-refractivity contribution in [2.75, 3.05) is 18.2 Å². The van der Waals surface area contributed by atoms with Crippen LogP contribution in [0.25, 0.3) is 0 Å². The molecule has 23 heavy (non-hydrogen) atoms. The molecule has 0 atom stereocenters. The van der Waals surface area contributed by atoms with Crippen molar-refractivity contribution < 1.29 is 22.5 Å². The van der Waals surface area contributed by atoms with E-state index in [2.05, 4.69) is 10.5 Å². The molecule has 8 heteroatoms. The molecule has 1 amide bonds. The number of anilines is 1. The van der Waals surface area contributed by atoms with E-state index in [4.69, 9.17) is 9.26 Å². The number of nitrogens with one attached hydrogen (secondary N) is 1. The maximum Gasteiger partial charge on any atom is 0.242 e. The highest BCUT2D eigenvalue weighted by Crippen LogP contribution is 2.19. The molecule has 0 radical (unpaired) electrons. The molecule has 0 aliphatic heterocycles. The Morgan fingerprint density at radius 1 is 1.30 bits per heavy atom. The first-order valence-corrected chi connectivity index (χ1v) is 8.60. The number of methoxy groups -OCH3 is 1. The van der Waals surface area contributed by atoms with Crippen LogP contribution in [-0.4, -0.2) is 32.3 Å². The van der Waals surface area contributed by atoms with Crippen LogP contribution < -0.4 is 10.1 Å². The minimum absolute atomic E-state index is 0.0499. The lowest BCUT2D eigenvalue weighted by Crippen LogP contribution is -2.22. The highest BCUT2D eigenvalue weighted by atomic mass is 32.2. The Labute approximate surface area is 134 Å². The first-order valence-electron chi connectivity index (χ1n) is 6.95. The quantitative estimate of drug-likeness (QED) is 0.867. The fourth-order valence-corrected chi connectivity index (χ4v) is 2.97. The van der Waals surface area contributed by atoms with Gasteiger partial charge in [-0.25, -0.2) is 8.42 Å². The number of nitrogens with zero attached hydrogens (tertiary/aromatic N) is 1. The van der Waals surface area contributed by atoms with E-state index in [1.807, 2.05) is 13.8 Å². The summed E-state index contributed by atoms with van der Waals surface area (Å²) in [5.41, 5.74) is 0.679. The van der Waals surface area contributed by atoms with Gasteiger partial charge in [0.05, 0.1) is 17.7 Å². The van der Waals surface area contributed by atoms with E-state index in [-0.39, 0.29) is 16.7 Å². The normalized spacial score (nSPS) is 11.5. The molecule has 0 unspecified atom stereocenters. The van der Waals surface area contributed by atoms with Gasteiger partial charge in [0.15, 0.2) is 9.84 Å². The van der Waals surface area contributed by atoms with Crippen molar-refractivity contribution in [3.63, 3.8) is 0 Å². The number of carbonyl (C=O) groups excluding carboxylic acids is 1. The topological polar surface area (TPSA) is 98.5 Å². The minimum atomic E-state index is -3.74. The summed E-state index contributed by atoms with van der Waals surface area (Å²) in [5.74, 6) is -0.559. The Morgan fingerprint density at radius 3 is 2.48 bits per heavy atom. The van der Waals surface area contributed by atoms with Crippen LogP contribution in [0.4, 0.5) is 5.88 Å². The van der Waals surface area contributed by atoms with Crippen LogP contribution >= 0.6 is 0 Å². The average molecular weight is 338 g/mol. The Balaban J connectivity index is 2.05. The fourth-order valence-electron chi connectivity index (χ4n) is 1.83. The molecular weight excluding hydrogens is 320 g/mol. The van der Waals surface area contributed by atoms with E-state index in [1.54, 1.807) is 6.07 Å². The Hall–Kier alpha value is -2.35. The summed E-state index contributed by atoms with van der Waals surface area (Å²) >= 11 is 0. The molecule has 124 valence electrons. The molecule has 2 aromatic rings. The van der Waals surface area contributed by atoms with Crippen molar-refractivity contribution in [3.05, 3.63) is 36.0 Å². The maximum atomic E-state index is 12.2. The van der Waals surface area contributed by atoms with Crippen LogP contribution in [0.5, 0.6) is 5.75 Å². The number of amides is 1. The van der Waals surface area contributed by atoms with Gasteiger partial charge in [-0.1, -0.05) is 19.0 Å². The van der Waals surface area contributed by atoms with Crippen molar-refractivity contribution in [2.45, 2.75) is 24.7 Å². The Morgan fingerprint density at radius 2 is 1.96 bits per heavy atom. The van der Waals surface area contributed by atoms with Crippen LogP contribution in [0.1, 0.15) is 25.5 Å². The summed E-state index contributed by atoms with van der Waals surface area (Å²) in [6.45, 7) is 3.86. The van der Waals surface area contributed by atoms with Gasteiger partial charge in [0, 0.05) is 6.07 Å². The summed E-state index contributed by atoms with van der Waals surface area (Å²) in [4.78, 5) is 12.0. The molecule has 0 fully saturated rings. The molecule has 1 heterocycles. The van der Waals surface area contributed by atoms with E-state index < -0.39 is 21.5 Å². The van der Waals surface area contributed by atoms with E-state index in [9.17, 15) is 13.2 Å². The maximum absolute atomic E-state index is 12.2. The van der Waals surface area contributed by atoms with Crippen LogP contribution in [0.15, 0.2) is 39.8 Å². The van der Waals surface area contributed by atoms with Crippen LogP contribution in [-0.2, 0) is 14.6 Å². The second-order valence-electron chi connectivity index (χ2n) is 5.25. The van der Waals surface area contributed by atoms with Gasteiger partial charge in [0.2, 0.25) is 11.8 Å². The van der Waals surface area contributed by atoms with E-state index in [1.165, 1.54) is 31.4 Å². The molecule has 7 nitrogen and oxygen atoms in total. The van der Waals surface area contributed by atoms with E-state index in [0.717, 1.165) is 0 Å². The van der Waals surface area contributed by atoms with Gasteiger partial charge in [-0.2, -0.15) is 0 Å². The molecule has 0 saturated carbocycles. The van der Waals surface area contributed by atoms with Crippen LogP contribution in [0.2, 0.25) is 0 Å². The van der Waals surface area contributed by atoms with Crippen molar-refractivity contribution in [3.8, 4) is 5.75 Å². The van der Waals surface area contributed by atoms with Crippen molar-refractivity contribution in [1.82, 2.24) is 5.16 Å². The molecule has 0 aliphatic carbocycles. The highest BCUT2D eigenvalue weighted by Gasteiger charge is 2.20. The third-order valence-electron chi connectivity index (χ3n) is 3.12. The molecule has 0 aliphatic rings. The number of rotatable bonds is 6. The SMILES string of the molecule is COc1ccc(S(=O)(=O)CC(=O)Nc2cc(C(C)C)no2)cc1. The summed E-state index contributed by atoms with van der Waals surface area (Å²) in [5, 5.41) is 6.18. The minimum Gasteiger partial charge on any atom is -0.497 e. The first kappa shape index (κ1) is 17.0. The standard InChI is InChI=1S/C15H18N2O5S/c1-10(2)13-8-15(22-17-13)16-14(18)9-23(19,20)12-6-4-11(21-3)5-7-12/h4-8,10H,9H2,1-3H3,(H,16,18). The predicted octanol–water partition coefficient (Wildman–Crippen LogP) is 2.22. The number of hydrogen-bond acceptors (Lipinski definition) is 6. The number of aromatic nitrogens is 1. The lowest BCUT2D eigenvalue weighted by atomic mass is 10.1. The largest absolute Gasteiger partial charge is 0.497 e. The number of sulfone groups is 1. The van der Waals surface area contributed by atoms with Crippen molar-refractivity contribution >= 4 is 21.6 Å². The van der Waals surface area contributed by atoms with E-state index in [0.29, 0.717) is 11.4 Å². The monoisotopic (exact) mass is 338 g/mol. The molecule has 1 aromatic carbocycles. The van der Waals surface area contributed by atoms with Crippen molar-refractivity contribution in [2.24, 2.45) is 0 Å². The molecule has 0 spiro atoms. The predicted molar refractivity (Wildman–Crippen MR) is 84.3 cm³/mol. The molecule has 0 saturated heterocycles. The van der Waals surface area contributed by atoms with Crippen LogP contribution in [0.3, 0.4) is 0 Å². The van der Waals surface area contributed by atoms with Gasteiger partial charge in [-0.15, -0.1) is 0 Å². The second-order valence-corrected chi connectivity index (χ2v) is 7.24. The summed E-state index contributed by atoms with van der Waals surface area (Å²) in [6.07, 6.45) is 0. The summed E-state index contributed by atoms with van der Waals surface area (Å²) < 4.78 is 34.3. The molecule has 0 bridgehead atoms. The Bertz CT molecular complexity index is 778. The van der Waals surface area contributed by atoms with Gasteiger partial charge in [0.25, 0.3) is 0 Å². The number of ether oxygens (including phenoxy) is 1. The fraction of sp³-hybridized carbons (Fsp3) is 0.333. The third-order valence-corrected chi connectivity index (χ3v) is 4.75. The lowest BCUT2D eigenvalue weighted by molar-refractivity contribution is -0.114. The summed E-state index contributed by atoms with van der Waals surface area (Å²) in [6, 6.07) is 7.41. The second kappa shape index (κ2) is 6.82. The molecule has 1 N–H and O–H groups in total. The average Bonchev–Trinajstić information content (AvgIpc) is 2.95. The molecular formula is C15H18N2O5S. The van der Waals surface area contributed by atoms with Crippen LogP contribution in [0, 0.1) is 0 Å². The third kappa shape index (κ3) is 4.32. The lowest BCUT2D eigenvalue weighted by Gasteiger charge is -2.05. The Kier molecular flexibility index (Phi) is 5.05. The van der Waals surface area contributed by atoms with Gasteiger partial charge >= 0.3 is 0 Å². The smallest absolute Gasteiger partial charge is 0.242 e. The van der Waals surface area contributed by atoms with Crippen molar-refractivity contribution in [1.29, 1.82) is 0 Å².